The standard InChI is InChI=1S/C19H15F2N3O2/c1-26-15-6-2-12(3-7-15)19(25)24-18-9-5-14(11-22-18)23-13-4-8-16(20)17(21)10-13/h2-11,23H,1H3,(H,22,24,25). The third-order valence-electron chi connectivity index (χ3n) is 3.57. The highest BCUT2D eigenvalue weighted by atomic mass is 19.2. The molecule has 0 aliphatic heterocycles. The van der Waals surface area contributed by atoms with Crippen molar-refractivity contribution in [2.24, 2.45) is 0 Å². The molecular formula is C19H15F2N3O2. The van der Waals surface area contributed by atoms with Gasteiger partial charge in [0.1, 0.15) is 11.6 Å². The minimum absolute atomic E-state index is 0.304. The van der Waals surface area contributed by atoms with E-state index in [1.807, 2.05) is 0 Å². The van der Waals surface area contributed by atoms with Crippen LogP contribution in [0.4, 0.5) is 26.0 Å². The third kappa shape index (κ3) is 4.13. The van der Waals surface area contributed by atoms with E-state index in [9.17, 15) is 13.6 Å². The fourth-order valence-corrected chi connectivity index (χ4v) is 2.21. The predicted molar refractivity (Wildman–Crippen MR) is 94.8 cm³/mol. The first kappa shape index (κ1) is 17.3. The van der Waals surface area contributed by atoms with Gasteiger partial charge in [-0.15, -0.1) is 0 Å². The molecule has 0 spiro atoms. The van der Waals surface area contributed by atoms with Crippen LogP contribution in [0.5, 0.6) is 5.75 Å². The van der Waals surface area contributed by atoms with Gasteiger partial charge >= 0.3 is 0 Å². The summed E-state index contributed by atoms with van der Waals surface area (Å²) in [6.07, 6.45) is 1.48. The lowest BCUT2D eigenvalue weighted by Gasteiger charge is -2.08. The number of pyridine rings is 1. The Labute approximate surface area is 148 Å². The Kier molecular flexibility index (Phi) is 5.07. The van der Waals surface area contributed by atoms with Gasteiger partial charge in [0.2, 0.25) is 0 Å². The van der Waals surface area contributed by atoms with Gasteiger partial charge in [-0.1, -0.05) is 0 Å². The van der Waals surface area contributed by atoms with Crippen LogP contribution in [0, 0.1) is 11.6 Å². The highest BCUT2D eigenvalue weighted by Crippen LogP contribution is 2.19. The number of benzene rings is 2. The van der Waals surface area contributed by atoms with E-state index in [4.69, 9.17) is 4.74 Å². The first-order chi connectivity index (χ1) is 12.5. The molecule has 0 unspecified atom stereocenters. The molecule has 1 amide bonds. The molecule has 0 saturated heterocycles. The molecule has 1 heterocycles. The van der Waals surface area contributed by atoms with Crippen molar-refractivity contribution in [2.45, 2.75) is 0 Å². The Hall–Kier alpha value is -3.48. The molecular weight excluding hydrogens is 340 g/mol. The number of nitrogens with one attached hydrogen (secondary N) is 2. The lowest BCUT2D eigenvalue weighted by molar-refractivity contribution is 0.102. The lowest BCUT2D eigenvalue weighted by atomic mass is 10.2. The van der Waals surface area contributed by atoms with Gasteiger partial charge < -0.3 is 15.4 Å². The number of aromatic nitrogens is 1. The number of hydrogen-bond acceptors (Lipinski definition) is 4. The molecule has 0 bridgehead atoms. The number of amides is 1. The molecule has 5 nitrogen and oxygen atoms in total. The van der Waals surface area contributed by atoms with Crippen molar-refractivity contribution in [2.75, 3.05) is 17.7 Å². The molecule has 3 aromatic rings. The largest absolute Gasteiger partial charge is 0.497 e. The molecule has 1 aromatic heterocycles. The van der Waals surface area contributed by atoms with Crippen LogP contribution in [0.15, 0.2) is 60.8 Å². The summed E-state index contributed by atoms with van der Waals surface area (Å²) in [5.74, 6) is -1.13. The van der Waals surface area contributed by atoms with Crippen LogP contribution >= 0.6 is 0 Å². The maximum absolute atomic E-state index is 13.2. The van der Waals surface area contributed by atoms with Gasteiger partial charge in [0.05, 0.1) is 19.0 Å². The molecule has 7 heteroatoms. The van der Waals surface area contributed by atoms with Crippen LogP contribution in [0.2, 0.25) is 0 Å². The van der Waals surface area contributed by atoms with Gasteiger partial charge in [-0.2, -0.15) is 0 Å². The topological polar surface area (TPSA) is 63.2 Å². The smallest absolute Gasteiger partial charge is 0.256 e. The van der Waals surface area contributed by atoms with E-state index in [-0.39, 0.29) is 5.91 Å². The molecule has 0 atom stereocenters. The third-order valence-corrected chi connectivity index (χ3v) is 3.57. The van der Waals surface area contributed by atoms with E-state index in [0.29, 0.717) is 28.5 Å². The van der Waals surface area contributed by atoms with Crippen molar-refractivity contribution < 1.29 is 18.3 Å². The fourth-order valence-electron chi connectivity index (χ4n) is 2.21. The van der Waals surface area contributed by atoms with Gasteiger partial charge in [-0.25, -0.2) is 13.8 Å². The Morgan fingerprint density at radius 2 is 1.69 bits per heavy atom. The molecule has 0 aliphatic rings. The van der Waals surface area contributed by atoms with Crippen molar-refractivity contribution in [1.82, 2.24) is 4.98 Å². The summed E-state index contributed by atoms with van der Waals surface area (Å²) in [5, 5.41) is 5.58. The number of methoxy groups -OCH3 is 1. The van der Waals surface area contributed by atoms with E-state index in [2.05, 4.69) is 15.6 Å². The minimum atomic E-state index is -0.939. The molecule has 3 rings (SSSR count). The summed E-state index contributed by atoms with van der Waals surface area (Å²) in [7, 11) is 1.55. The zero-order chi connectivity index (χ0) is 18.5. The normalized spacial score (nSPS) is 10.3. The maximum atomic E-state index is 13.2. The lowest BCUT2D eigenvalue weighted by Crippen LogP contribution is -2.12. The number of carbonyl (C=O) groups excluding carboxylic acids is 1. The molecule has 0 radical (unpaired) electrons. The highest BCUT2D eigenvalue weighted by Gasteiger charge is 2.07. The Bertz CT molecular complexity index is 913. The minimum Gasteiger partial charge on any atom is -0.497 e. The van der Waals surface area contributed by atoms with Gasteiger partial charge in [0.15, 0.2) is 11.6 Å². The summed E-state index contributed by atoms with van der Waals surface area (Å²) in [6, 6.07) is 13.4. The van der Waals surface area contributed by atoms with Crippen LogP contribution < -0.4 is 15.4 Å². The van der Waals surface area contributed by atoms with Crippen LogP contribution in [0.1, 0.15) is 10.4 Å². The molecule has 0 fully saturated rings. The molecule has 0 aliphatic carbocycles. The molecule has 0 saturated carbocycles. The van der Waals surface area contributed by atoms with Crippen LogP contribution in [-0.4, -0.2) is 18.0 Å². The number of ether oxygens (including phenoxy) is 1. The molecule has 2 aromatic carbocycles. The zero-order valence-corrected chi connectivity index (χ0v) is 13.8. The Morgan fingerprint density at radius 1 is 0.962 bits per heavy atom. The van der Waals surface area contributed by atoms with E-state index in [1.165, 1.54) is 12.3 Å². The van der Waals surface area contributed by atoms with Gasteiger partial charge in [-0.3, -0.25) is 4.79 Å². The Morgan fingerprint density at radius 3 is 2.31 bits per heavy atom. The van der Waals surface area contributed by atoms with Crippen molar-refractivity contribution >= 4 is 23.1 Å². The van der Waals surface area contributed by atoms with Crippen LogP contribution in [-0.2, 0) is 0 Å². The second-order valence-electron chi connectivity index (χ2n) is 5.37. The summed E-state index contributed by atoms with van der Waals surface area (Å²) in [5.41, 5.74) is 1.43. The molecule has 2 N–H and O–H groups in total. The average molecular weight is 355 g/mol. The summed E-state index contributed by atoms with van der Waals surface area (Å²) in [4.78, 5) is 16.3. The fraction of sp³-hybridized carbons (Fsp3) is 0.0526. The SMILES string of the molecule is COc1ccc(C(=O)Nc2ccc(Nc3ccc(F)c(F)c3)cn2)cc1. The number of halogens is 2. The number of hydrogen-bond donors (Lipinski definition) is 2. The Balaban J connectivity index is 1.65. The second-order valence-corrected chi connectivity index (χ2v) is 5.37. The first-order valence-electron chi connectivity index (χ1n) is 7.69. The second kappa shape index (κ2) is 7.60. The number of anilines is 3. The number of nitrogens with zero attached hydrogens (tertiary/aromatic N) is 1. The van der Waals surface area contributed by atoms with E-state index in [1.54, 1.807) is 43.5 Å². The number of carbonyl (C=O) groups is 1. The summed E-state index contributed by atoms with van der Waals surface area (Å²) >= 11 is 0. The van der Waals surface area contributed by atoms with Crippen molar-refractivity contribution in [3.8, 4) is 5.75 Å². The van der Waals surface area contributed by atoms with Crippen molar-refractivity contribution in [3.05, 3.63) is 78.0 Å². The summed E-state index contributed by atoms with van der Waals surface area (Å²) in [6.45, 7) is 0. The molecule has 26 heavy (non-hydrogen) atoms. The monoisotopic (exact) mass is 355 g/mol. The van der Waals surface area contributed by atoms with Gasteiger partial charge in [0.25, 0.3) is 5.91 Å². The van der Waals surface area contributed by atoms with Crippen molar-refractivity contribution in [3.63, 3.8) is 0 Å². The molecule has 132 valence electrons. The van der Waals surface area contributed by atoms with Gasteiger partial charge in [0, 0.05) is 17.3 Å². The van der Waals surface area contributed by atoms with Crippen LogP contribution in [0.25, 0.3) is 0 Å². The zero-order valence-electron chi connectivity index (χ0n) is 13.8. The number of rotatable bonds is 5. The van der Waals surface area contributed by atoms with E-state index in [0.717, 1.165) is 12.1 Å². The highest BCUT2D eigenvalue weighted by molar-refractivity contribution is 6.03. The quantitative estimate of drug-likeness (QED) is 0.714. The van der Waals surface area contributed by atoms with E-state index >= 15 is 0 Å². The van der Waals surface area contributed by atoms with Crippen molar-refractivity contribution in [1.29, 1.82) is 0 Å². The first-order valence-corrected chi connectivity index (χ1v) is 7.69. The van der Waals surface area contributed by atoms with Gasteiger partial charge in [-0.05, 0) is 48.5 Å². The average Bonchev–Trinajstić information content (AvgIpc) is 2.66. The summed E-state index contributed by atoms with van der Waals surface area (Å²) < 4.78 is 31.2. The van der Waals surface area contributed by atoms with Crippen LogP contribution in [0.3, 0.4) is 0 Å². The maximum Gasteiger partial charge on any atom is 0.256 e. The predicted octanol–water partition coefficient (Wildman–Crippen LogP) is 4.36. The van der Waals surface area contributed by atoms with E-state index < -0.39 is 11.6 Å².